The Morgan fingerprint density at radius 2 is 2.22 bits per heavy atom. The van der Waals surface area contributed by atoms with E-state index < -0.39 is 11.5 Å². The molecule has 18 heavy (non-hydrogen) atoms. The molecule has 1 saturated carbocycles. The molecule has 2 rings (SSSR count). The zero-order chi connectivity index (χ0) is 13.3. The predicted molar refractivity (Wildman–Crippen MR) is 69.9 cm³/mol. The summed E-state index contributed by atoms with van der Waals surface area (Å²) in [6, 6.07) is 1.91. The minimum Gasteiger partial charge on any atom is -0.480 e. The maximum Gasteiger partial charge on any atom is 0.329 e. The lowest BCUT2D eigenvalue weighted by Crippen LogP contribution is -2.54. The third kappa shape index (κ3) is 2.27. The number of hydrogen-bond donors (Lipinski definition) is 2. The molecule has 1 amide bonds. The normalized spacial score (nSPS) is 18.1. The molecule has 4 nitrogen and oxygen atoms in total. The number of aliphatic carboxylic acids is 1. The second-order valence-corrected chi connectivity index (χ2v) is 5.78. The number of aryl methyl sites for hydroxylation is 1. The zero-order valence-corrected chi connectivity index (χ0v) is 11.3. The Morgan fingerprint density at radius 1 is 1.56 bits per heavy atom. The summed E-state index contributed by atoms with van der Waals surface area (Å²) in [6.45, 7) is 3.58. The molecule has 1 aromatic rings. The van der Waals surface area contributed by atoms with Crippen molar-refractivity contribution in [1.29, 1.82) is 0 Å². The first-order chi connectivity index (χ1) is 8.49. The van der Waals surface area contributed by atoms with E-state index >= 15 is 0 Å². The average molecular weight is 267 g/mol. The van der Waals surface area contributed by atoms with Crippen LogP contribution in [0, 0.1) is 5.92 Å². The van der Waals surface area contributed by atoms with Crippen LogP contribution in [0.1, 0.15) is 41.9 Å². The average Bonchev–Trinajstić information content (AvgIpc) is 3.07. The number of amides is 1. The summed E-state index contributed by atoms with van der Waals surface area (Å²) < 4.78 is 0. The highest BCUT2D eigenvalue weighted by Gasteiger charge is 2.48. The predicted octanol–water partition coefficient (Wildman–Crippen LogP) is 2.29. The SMILES string of the molecule is CCc1ccsc1C(=O)NC(C)(C(=O)O)C1CC1. The molecule has 0 spiro atoms. The van der Waals surface area contributed by atoms with E-state index in [1.54, 1.807) is 6.92 Å². The fraction of sp³-hybridized carbons (Fsp3) is 0.538. The van der Waals surface area contributed by atoms with Crippen molar-refractivity contribution in [2.75, 3.05) is 0 Å². The van der Waals surface area contributed by atoms with Gasteiger partial charge in [-0.25, -0.2) is 4.79 Å². The molecule has 1 atom stereocenters. The summed E-state index contributed by atoms with van der Waals surface area (Å²) >= 11 is 1.36. The fourth-order valence-corrected chi connectivity index (χ4v) is 2.99. The van der Waals surface area contributed by atoms with Gasteiger partial charge in [0, 0.05) is 0 Å². The van der Waals surface area contributed by atoms with E-state index in [1.807, 2.05) is 18.4 Å². The highest BCUT2D eigenvalue weighted by molar-refractivity contribution is 7.12. The molecule has 0 aliphatic heterocycles. The molecule has 0 bridgehead atoms. The first-order valence-corrected chi connectivity index (χ1v) is 6.99. The highest BCUT2D eigenvalue weighted by Crippen LogP contribution is 2.40. The first kappa shape index (κ1) is 13.1. The number of rotatable bonds is 5. The highest BCUT2D eigenvalue weighted by atomic mass is 32.1. The van der Waals surface area contributed by atoms with E-state index in [4.69, 9.17) is 0 Å². The van der Waals surface area contributed by atoms with Crippen LogP contribution in [-0.4, -0.2) is 22.5 Å². The smallest absolute Gasteiger partial charge is 0.329 e. The first-order valence-electron chi connectivity index (χ1n) is 6.11. The van der Waals surface area contributed by atoms with Crippen LogP contribution in [0.15, 0.2) is 11.4 Å². The Hall–Kier alpha value is -1.36. The Balaban J connectivity index is 2.17. The summed E-state index contributed by atoms with van der Waals surface area (Å²) in [5.74, 6) is -1.16. The van der Waals surface area contributed by atoms with Gasteiger partial charge in [0.2, 0.25) is 0 Å². The molecule has 2 N–H and O–H groups in total. The van der Waals surface area contributed by atoms with Crippen LogP contribution in [-0.2, 0) is 11.2 Å². The Kier molecular flexibility index (Phi) is 3.43. The van der Waals surface area contributed by atoms with Gasteiger partial charge in [0.05, 0.1) is 4.88 Å². The van der Waals surface area contributed by atoms with Gasteiger partial charge in [-0.1, -0.05) is 6.92 Å². The fourth-order valence-electron chi connectivity index (χ4n) is 2.10. The van der Waals surface area contributed by atoms with Crippen LogP contribution in [0.2, 0.25) is 0 Å². The van der Waals surface area contributed by atoms with Crippen LogP contribution >= 0.6 is 11.3 Å². The third-order valence-electron chi connectivity index (χ3n) is 3.55. The number of carboxylic acid groups (broad SMARTS) is 1. The number of nitrogens with one attached hydrogen (secondary N) is 1. The van der Waals surface area contributed by atoms with E-state index in [9.17, 15) is 14.7 Å². The maximum atomic E-state index is 12.2. The van der Waals surface area contributed by atoms with Crippen molar-refractivity contribution in [2.45, 2.75) is 38.6 Å². The molecular weight excluding hydrogens is 250 g/mol. The zero-order valence-electron chi connectivity index (χ0n) is 10.5. The van der Waals surface area contributed by atoms with Gasteiger partial charge in [-0.05, 0) is 49.1 Å². The minimum atomic E-state index is -1.13. The van der Waals surface area contributed by atoms with Crippen molar-refractivity contribution < 1.29 is 14.7 Å². The standard InChI is InChI=1S/C13H17NO3S/c1-3-8-6-7-18-10(8)11(15)14-13(2,12(16)17)9-4-5-9/h6-7,9H,3-5H2,1-2H3,(H,14,15)(H,16,17). The summed E-state index contributed by atoms with van der Waals surface area (Å²) in [6.07, 6.45) is 2.52. The third-order valence-corrected chi connectivity index (χ3v) is 4.50. The van der Waals surface area contributed by atoms with Crippen LogP contribution in [0.3, 0.4) is 0 Å². The van der Waals surface area contributed by atoms with Crippen LogP contribution in [0.5, 0.6) is 0 Å². The van der Waals surface area contributed by atoms with Gasteiger partial charge < -0.3 is 10.4 Å². The summed E-state index contributed by atoms with van der Waals surface area (Å²) in [4.78, 5) is 24.2. The largest absolute Gasteiger partial charge is 0.480 e. The summed E-state index contributed by atoms with van der Waals surface area (Å²) in [5.41, 5.74) is -0.160. The van der Waals surface area contributed by atoms with Gasteiger partial charge in [0.1, 0.15) is 5.54 Å². The Labute approximate surface area is 110 Å². The molecule has 0 aromatic carbocycles. The topological polar surface area (TPSA) is 66.4 Å². The molecule has 1 heterocycles. The number of hydrogen-bond acceptors (Lipinski definition) is 3. The molecular formula is C13H17NO3S. The van der Waals surface area contributed by atoms with Gasteiger partial charge in [-0.15, -0.1) is 11.3 Å². The van der Waals surface area contributed by atoms with Crippen molar-refractivity contribution in [3.05, 3.63) is 21.9 Å². The molecule has 1 aliphatic rings. The molecule has 0 saturated heterocycles. The molecule has 1 aliphatic carbocycles. The minimum absolute atomic E-state index is 0.0592. The van der Waals surface area contributed by atoms with Crippen molar-refractivity contribution in [2.24, 2.45) is 5.92 Å². The second-order valence-electron chi connectivity index (χ2n) is 4.86. The van der Waals surface area contributed by atoms with Gasteiger partial charge in [-0.2, -0.15) is 0 Å². The number of carbonyl (C=O) groups excluding carboxylic acids is 1. The van der Waals surface area contributed by atoms with E-state index in [0.717, 1.165) is 24.8 Å². The van der Waals surface area contributed by atoms with Gasteiger partial charge in [0.15, 0.2) is 0 Å². The lowest BCUT2D eigenvalue weighted by Gasteiger charge is -2.26. The van der Waals surface area contributed by atoms with E-state index in [2.05, 4.69) is 5.32 Å². The second kappa shape index (κ2) is 4.72. The number of carboxylic acids is 1. The molecule has 1 unspecified atom stereocenters. The van der Waals surface area contributed by atoms with E-state index in [-0.39, 0.29) is 11.8 Å². The lowest BCUT2D eigenvalue weighted by molar-refractivity contribution is -0.144. The van der Waals surface area contributed by atoms with Gasteiger partial charge >= 0.3 is 5.97 Å². The Morgan fingerprint density at radius 3 is 2.72 bits per heavy atom. The molecule has 0 radical (unpaired) electrons. The van der Waals surface area contributed by atoms with E-state index in [1.165, 1.54) is 11.3 Å². The van der Waals surface area contributed by atoms with Crippen molar-refractivity contribution in [3.63, 3.8) is 0 Å². The summed E-state index contributed by atoms with van der Waals surface area (Å²) in [5, 5.41) is 13.9. The van der Waals surface area contributed by atoms with Crippen molar-refractivity contribution in [1.82, 2.24) is 5.32 Å². The maximum absolute atomic E-state index is 12.2. The monoisotopic (exact) mass is 267 g/mol. The number of carbonyl (C=O) groups is 2. The van der Waals surface area contributed by atoms with Gasteiger partial charge in [-0.3, -0.25) is 4.79 Å². The quantitative estimate of drug-likeness (QED) is 0.860. The Bertz CT molecular complexity index is 478. The van der Waals surface area contributed by atoms with Crippen molar-refractivity contribution in [3.8, 4) is 0 Å². The molecule has 1 aromatic heterocycles. The van der Waals surface area contributed by atoms with Crippen LogP contribution in [0.4, 0.5) is 0 Å². The van der Waals surface area contributed by atoms with Crippen LogP contribution in [0.25, 0.3) is 0 Å². The van der Waals surface area contributed by atoms with E-state index in [0.29, 0.717) is 4.88 Å². The molecule has 98 valence electrons. The summed E-state index contributed by atoms with van der Waals surface area (Å²) in [7, 11) is 0. The lowest BCUT2D eigenvalue weighted by atomic mass is 9.95. The van der Waals surface area contributed by atoms with Crippen LogP contribution < -0.4 is 5.32 Å². The molecule has 1 fully saturated rings. The van der Waals surface area contributed by atoms with Gasteiger partial charge in [0.25, 0.3) is 5.91 Å². The number of thiophene rings is 1. The molecule has 5 heteroatoms. The van der Waals surface area contributed by atoms with Crippen molar-refractivity contribution >= 4 is 23.2 Å².